The van der Waals surface area contributed by atoms with Crippen molar-refractivity contribution < 1.29 is 9.05 Å². The lowest BCUT2D eigenvalue weighted by atomic mass is 9.55. The Balaban J connectivity index is 1.58. The molecule has 2 aromatic carbocycles. The van der Waals surface area contributed by atoms with Gasteiger partial charge in [-0.05, 0) is 83.9 Å². The van der Waals surface area contributed by atoms with Gasteiger partial charge in [-0.25, -0.2) is 0 Å². The Labute approximate surface area is 223 Å². The highest BCUT2D eigenvalue weighted by atomic mass is 35.7. The number of rotatable bonds is 0. The fourth-order valence-corrected chi connectivity index (χ4v) is 12.9. The van der Waals surface area contributed by atoms with Crippen LogP contribution in [0.3, 0.4) is 0 Å². The monoisotopic (exact) mass is 522 g/mol. The number of fused-ring (bicyclic) bond motifs is 11. The Hall–Kier alpha value is -0.920. The van der Waals surface area contributed by atoms with E-state index in [0.717, 1.165) is 0 Å². The molecular weight excluding hydrogens is 483 g/mol. The normalized spacial score (nSPS) is 45.4. The summed E-state index contributed by atoms with van der Waals surface area (Å²) in [5.41, 5.74) is 4.21. The van der Waals surface area contributed by atoms with Gasteiger partial charge in [0.1, 0.15) is 11.2 Å². The maximum Gasteiger partial charge on any atom is 0.278 e. The van der Waals surface area contributed by atoms with E-state index in [0.29, 0.717) is 11.8 Å². The second-order valence-electron chi connectivity index (χ2n) is 14.3. The molecule has 36 heavy (non-hydrogen) atoms. The summed E-state index contributed by atoms with van der Waals surface area (Å²) in [5.74, 6) is 1.24. The van der Waals surface area contributed by atoms with Crippen molar-refractivity contribution >= 4 is 19.0 Å². The zero-order chi connectivity index (χ0) is 25.4. The minimum absolute atomic E-state index is 0.0245. The molecule has 4 saturated carbocycles. The molecule has 4 bridgehead atoms. The van der Waals surface area contributed by atoms with E-state index in [1.807, 2.05) is 0 Å². The number of hydrogen-bond donors (Lipinski definition) is 0. The summed E-state index contributed by atoms with van der Waals surface area (Å²) in [5, 5.41) is 0. The number of benzene rings is 2. The van der Waals surface area contributed by atoms with E-state index in [4.69, 9.17) is 20.3 Å². The molecule has 4 aliphatic carbocycles. The van der Waals surface area contributed by atoms with Gasteiger partial charge >= 0.3 is 0 Å². The first-order valence-electron chi connectivity index (χ1n) is 14.0. The Bertz CT molecular complexity index is 1150. The first kappa shape index (κ1) is 24.1. The second kappa shape index (κ2) is 7.18. The first-order chi connectivity index (χ1) is 16.9. The predicted octanol–water partition coefficient (Wildman–Crippen LogP) is 9.95. The first-order valence-corrected chi connectivity index (χ1v) is 16.1. The Morgan fingerprint density at radius 3 is 1.42 bits per heavy atom. The van der Waals surface area contributed by atoms with Crippen molar-refractivity contribution in [3.05, 3.63) is 59.7 Å². The van der Waals surface area contributed by atoms with E-state index in [1.165, 1.54) is 60.8 Å². The van der Waals surface area contributed by atoms with Gasteiger partial charge in [0.15, 0.2) is 0 Å². The summed E-state index contributed by atoms with van der Waals surface area (Å²) < 4.78 is 14.7. The van der Waals surface area contributed by atoms with E-state index >= 15 is 0 Å². The summed E-state index contributed by atoms with van der Waals surface area (Å²) >= 11 is 7.41. The van der Waals surface area contributed by atoms with Gasteiger partial charge in [-0.15, -0.1) is 0 Å². The molecule has 2 aromatic rings. The molecule has 1 aliphatic heterocycles. The van der Waals surface area contributed by atoms with Gasteiger partial charge in [-0.3, -0.25) is 0 Å². The van der Waals surface area contributed by atoms with Crippen LogP contribution in [-0.4, -0.2) is 0 Å². The van der Waals surface area contributed by atoms with Crippen LogP contribution >= 0.6 is 19.0 Å². The molecule has 0 saturated heterocycles. The zero-order valence-corrected chi connectivity index (χ0v) is 24.3. The maximum atomic E-state index is 7.41. The van der Waals surface area contributed by atoms with Crippen molar-refractivity contribution in [3.63, 3.8) is 0 Å². The highest BCUT2D eigenvalue weighted by Gasteiger charge is 2.75. The molecule has 0 radical (unpaired) electrons. The Kier molecular flexibility index (Phi) is 4.81. The number of hydrogen-bond acceptors (Lipinski definition) is 2. The van der Waals surface area contributed by atoms with Gasteiger partial charge in [-0.2, -0.15) is 0 Å². The molecule has 6 atom stereocenters. The molecule has 0 aromatic heterocycles. The summed E-state index contributed by atoms with van der Waals surface area (Å²) in [4.78, 5) is 0. The maximum absolute atomic E-state index is 7.41. The van der Waals surface area contributed by atoms with Crippen LogP contribution in [-0.2, 0) is 20.2 Å². The van der Waals surface area contributed by atoms with Crippen molar-refractivity contribution in [2.45, 2.75) is 91.3 Å². The topological polar surface area (TPSA) is 18.5 Å². The molecule has 4 heteroatoms. The van der Waals surface area contributed by atoms with Gasteiger partial charge in [0, 0.05) is 21.7 Å². The quantitative estimate of drug-likeness (QED) is 0.320. The van der Waals surface area contributed by atoms with Crippen molar-refractivity contribution in [1.29, 1.82) is 0 Å². The number of halogens is 1. The summed E-state index contributed by atoms with van der Waals surface area (Å²) in [6.45, 7) is 14.6. The smallest absolute Gasteiger partial charge is 0.278 e. The summed E-state index contributed by atoms with van der Waals surface area (Å²) in [6, 6.07) is 18.2. The van der Waals surface area contributed by atoms with Crippen LogP contribution in [0.25, 0.3) is 11.1 Å². The second-order valence-corrected chi connectivity index (χ2v) is 15.9. The van der Waals surface area contributed by atoms with Crippen LogP contribution in [0.2, 0.25) is 0 Å². The van der Waals surface area contributed by atoms with Crippen LogP contribution < -0.4 is 0 Å². The highest BCUT2D eigenvalue weighted by molar-refractivity contribution is 7.76. The third kappa shape index (κ3) is 2.48. The SMILES string of the molecule is CC12CCC(C1)C(C)(C)C21OP(Cl)OC2(c3ccccc3-c3ccccc31)C1(C)CCC(C1)C2(C)C. The van der Waals surface area contributed by atoms with E-state index in [2.05, 4.69) is 90.1 Å². The van der Waals surface area contributed by atoms with Crippen LogP contribution in [0.1, 0.15) is 91.2 Å². The van der Waals surface area contributed by atoms with E-state index in [1.54, 1.807) is 0 Å². The van der Waals surface area contributed by atoms with Crippen molar-refractivity contribution in [2.24, 2.45) is 33.5 Å². The summed E-state index contributed by atoms with van der Waals surface area (Å²) in [6.07, 6.45) is 7.26. The standard InChI is InChI=1S/C32H40ClO2P/c1-27(2)21-15-17-29(5,19-21)31(27)25-13-9-7-11-23(25)24-12-8-10-14-26(24)32(35-36(33)34-31)28(3,4)22-16-18-30(32,6)20-22/h7-14,21-22H,15-20H2,1-6H3. The van der Waals surface area contributed by atoms with Crippen molar-refractivity contribution in [2.75, 3.05) is 0 Å². The third-order valence-electron chi connectivity index (χ3n) is 12.4. The largest absolute Gasteiger partial charge is 0.309 e. The van der Waals surface area contributed by atoms with E-state index < -0.39 is 18.9 Å². The lowest BCUT2D eigenvalue weighted by Crippen LogP contribution is -2.54. The van der Waals surface area contributed by atoms with Crippen molar-refractivity contribution in [1.82, 2.24) is 0 Å². The minimum atomic E-state index is -1.65. The molecule has 1 heterocycles. The molecule has 4 fully saturated rings. The molecule has 2 nitrogen and oxygen atoms in total. The van der Waals surface area contributed by atoms with Crippen LogP contribution in [0.15, 0.2) is 48.5 Å². The molecule has 192 valence electrons. The molecule has 2 spiro atoms. The van der Waals surface area contributed by atoms with Gasteiger partial charge < -0.3 is 9.05 Å². The lowest BCUT2D eigenvalue weighted by molar-refractivity contribution is -0.157. The zero-order valence-electron chi connectivity index (χ0n) is 22.7. The van der Waals surface area contributed by atoms with Crippen LogP contribution in [0.5, 0.6) is 0 Å². The van der Waals surface area contributed by atoms with Gasteiger partial charge in [0.2, 0.25) is 0 Å². The van der Waals surface area contributed by atoms with E-state index in [-0.39, 0.29) is 21.7 Å². The van der Waals surface area contributed by atoms with Crippen LogP contribution in [0.4, 0.5) is 0 Å². The minimum Gasteiger partial charge on any atom is -0.309 e. The summed E-state index contributed by atoms with van der Waals surface area (Å²) in [7, 11) is -1.65. The lowest BCUT2D eigenvalue weighted by Gasteiger charge is -2.56. The van der Waals surface area contributed by atoms with Gasteiger partial charge in [-0.1, -0.05) is 90.1 Å². The molecule has 5 aliphatic rings. The molecule has 0 amide bonds. The molecule has 7 rings (SSSR count). The van der Waals surface area contributed by atoms with Crippen molar-refractivity contribution in [3.8, 4) is 11.1 Å². The predicted molar refractivity (Wildman–Crippen MR) is 149 cm³/mol. The average molecular weight is 523 g/mol. The average Bonchev–Trinajstić information content (AvgIpc) is 3.52. The Morgan fingerprint density at radius 2 is 1.06 bits per heavy atom. The molecule has 6 unspecified atom stereocenters. The molecule has 0 N–H and O–H groups in total. The fraction of sp³-hybridized carbons (Fsp3) is 0.625. The van der Waals surface area contributed by atoms with Gasteiger partial charge in [0.05, 0.1) is 0 Å². The van der Waals surface area contributed by atoms with Crippen LogP contribution in [0, 0.1) is 33.5 Å². The fourth-order valence-electron chi connectivity index (χ4n) is 10.7. The third-order valence-corrected chi connectivity index (χ3v) is 13.6. The van der Waals surface area contributed by atoms with Gasteiger partial charge in [0.25, 0.3) is 7.73 Å². The van der Waals surface area contributed by atoms with E-state index in [9.17, 15) is 0 Å². The molecular formula is C32H40ClO2P. The highest BCUT2D eigenvalue weighted by Crippen LogP contribution is 2.81. The Morgan fingerprint density at radius 1 is 0.667 bits per heavy atom.